The number of carbonyl (C=O) groups is 1. The zero-order valence-electron chi connectivity index (χ0n) is 19.1. The van der Waals surface area contributed by atoms with Crippen LogP contribution in [0.1, 0.15) is 18.1 Å². The second-order valence-electron chi connectivity index (χ2n) is 8.01. The Kier molecular flexibility index (Phi) is 6.58. The van der Waals surface area contributed by atoms with Gasteiger partial charge in [0.25, 0.3) is 10.0 Å². The Balaban J connectivity index is 1.65. The Morgan fingerprint density at radius 1 is 1.00 bits per heavy atom. The van der Waals surface area contributed by atoms with E-state index in [0.29, 0.717) is 17.9 Å². The largest absolute Gasteiger partial charge is 0.324 e. The van der Waals surface area contributed by atoms with Crippen LogP contribution in [0, 0.1) is 13.8 Å². The van der Waals surface area contributed by atoms with Crippen molar-refractivity contribution in [3.8, 4) is 0 Å². The van der Waals surface area contributed by atoms with Crippen molar-refractivity contribution in [2.24, 2.45) is 0 Å². The van der Waals surface area contributed by atoms with E-state index in [2.05, 4.69) is 5.32 Å². The number of aromatic nitrogens is 1. The summed E-state index contributed by atoms with van der Waals surface area (Å²) in [5, 5.41) is 2.78. The van der Waals surface area contributed by atoms with Crippen LogP contribution >= 0.6 is 11.3 Å². The second-order valence-corrected chi connectivity index (χ2v) is 10.9. The topological polar surface area (TPSA) is 88.5 Å². The summed E-state index contributed by atoms with van der Waals surface area (Å²) in [4.78, 5) is 25.2. The summed E-state index contributed by atoms with van der Waals surface area (Å²) in [6, 6.07) is 18.8. The maximum atomic E-state index is 13.5. The quantitative estimate of drug-likeness (QED) is 0.408. The first-order valence-electron chi connectivity index (χ1n) is 10.8. The summed E-state index contributed by atoms with van der Waals surface area (Å²) in [5.41, 5.74) is 3.53. The first-order valence-corrected chi connectivity index (χ1v) is 13.0. The van der Waals surface area contributed by atoms with Gasteiger partial charge in [-0.1, -0.05) is 41.2 Å². The number of nitrogens with one attached hydrogen (secondary N) is 1. The number of hydrogen-bond donors (Lipinski definition) is 1. The maximum absolute atomic E-state index is 13.5. The molecule has 0 spiro atoms. The fourth-order valence-electron chi connectivity index (χ4n) is 3.71. The van der Waals surface area contributed by atoms with Crippen LogP contribution in [0.5, 0.6) is 0 Å². The number of nitrogens with zero attached hydrogens (tertiary/aromatic N) is 2. The number of anilines is 2. The third kappa shape index (κ3) is 4.76. The zero-order chi connectivity index (χ0) is 24.5. The summed E-state index contributed by atoms with van der Waals surface area (Å²) < 4.78 is 30.5. The molecular formula is C25H25N3O4S2. The lowest BCUT2D eigenvalue weighted by Crippen LogP contribution is -2.38. The van der Waals surface area contributed by atoms with E-state index in [0.717, 1.165) is 37.0 Å². The highest BCUT2D eigenvalue weighted by Crippen LogP contribution is 2.26. The van der Waals surface area contributed by atoms with E-state index in [1.165, 1.54) is 0 Å². The molecule has 0 fully saturated rings. The van der Waals surface area contributed by atoms with Crippen molar-refractivity contribution in [2.75, 3.05) is 16.2 Å². The van der Waals surface area contributed by atoms with Crippen LogP contribution in [0.25, 0.3) is 10.2 Å². The molecule has 0 atom stereocenters. The van der Waals surface area contributed by atoms with E-state index in [4.69, 9.17) is 0 Å². The van der Waals surface area contributed by atoms with Crippen molar-refractivity contribution in [1.82, 2.24) is 4.57 Å². The molecule has 0 bridgehead atoms. The number of rotatable bonds is 7. The van der Waals surface area contributed by atoms with Crippen LogP contribution in [0.15, 0.2) is 76.4 Å². The Morgan fingerprint density at radius 3 is 2.41 bits per heavy atom. The number of hydrogen-bond acceptors (Lipinski definition) is 5. The first kappa shape index (κ1) is 23.7. The van der Waals surface area contributed by atoms with Gasteiger partial charge in [-0.25, -0.2) is 8.42 Å². The van der Waals surface area contributed by atoms with E-state index in [1.54, 1.807) is 65.2 Å². The summed E-state index contributed by atoms with van der Waals surface area (Å²) in [6.45, 7) is 5.81. The van der Waals surface area contributed by atoms with Gasteiger partial charge in [0.1, 0.15) is 6.54 Å². The van der Waals surface area contributed by atoms with Crippen molar-refractivity contribution in [3.63, 3.8) is 0 Å². The average molecular weight is 496 g/mol. The molecule has 9 heteroatoms. The molecule has 34 heavy (non-hydrogen) atoms. The molecule has 1 aromatic heterocycles. The van der Waals surface area contributed by atoms with Gasteiger partial charge >= 0.3 is 4.87 Å². The highest BCUT2D eigenvalue weighted by molar-refractivity contribution is 7.92. The third-order valence-corrected chi connectivity index (χ3v) is 8.18. The molecule has 7 nitrogen and oxygen atoms in total. The molecule has 0 aliphatic carbocycles. The Morgan fingerprint density at radius 2 is 1.74 bits per heavy atom. The molecule has 1 N–H and O–H groups in total. The molecule has 0 unspecified atom stereocenters. The molecule has 176 valence electrons. The van der Waals surface area contributed by atoms with Gasteiger partial charge in [0.15, 0.2) is 0 Å². The lowest BCUT2D eigenvalue weighted by molar-refractivity contribution is -0.114. The minimum Gasteiger partial charge on any atom is -0.324 e. The SMILES string of the molecule is CCn1c(=O)sc2cc(NC(=O)CN(c3cccc(C)c3)S(=O)(=O)c3ccc(C)cc3)ccc21. The van der Waals surface area contributed by atoms with Gasteiger partial charge in [-0.15, -0.1) is 0 Å². The highest BCUT2D eigenvalue weighted by Gasteiger charge is 2.27. The molecule has 0 aliphatic heterocycles. The van der Waals surface area contributed by atoms with Crippen molar-refractivity contribution in [3.05, 3.63) is 87.5 Å². The predicted octanol–water partition coefficient (Wildman–Crippen LogP) is 4.53. The van der Waals surface area contributed by atoms with Gasteiger partial charge in [-0.3, -0.25) is 18.5 Å². The number of fused-ring (bicyclic) bond motifs is 1. The van der Waals surface area contributed by atoms with E-state index in [1.807, 2.05) is 26.8 Å². The maximum Gasteiger partial charge on any atom is 0.308 e. The molecule has 0 saturated heterocycles. The molecular weight excluding hydrogens is 470 g/mol. The number of benzene rings is 3. The van der Waals surface area contributed by atoms with Gasteiger partial charge in [0.05, 0.1) is 20.8 Å². The van der Waals surface area contributed by atoms with E-state index < -0.39 is 22.5 Å². The molecule has 4 aromatic rings. The van der Waals surface area contributed by atoms with Crippen LogP contribution in [0.2, 0.25) is 0 Å². The molecule has 0 radical (unpaired) electrons. The molecule has 4 rings (SSSR count). The van der Waals surface area contributed by atoms with Gasteiger partial charge < -0.3 is 5.32 Å². The van der Waals surface area contributed by atoms with Gasteiger partial charge in [-0.2, -0.15) is 0 Å². The fraction of sp³-hybridized carbons (Fsp3) is 0.200. The van der Waals surface area contributed by atoms with Crippen molar-refractivity contribution in [1.29, 1.82) is 0 Å². The lowest BCUT2D eigenvalue weighted by Gasteiger charge is -2.24. The van der Waals surface area contributed by atoms with E-state index in [9.17, 15) is 18.0 Å². The smallest absolute Gasteiger partial charge is 0.308 e. The lowest BCUT2D eigenvalue weighted by atomic mass is 10.2. The zero-order valence-corrected chi connectivity index (χ0v) is 20.7. The monoisotopic (exact) mass is 495 g/mol. The van der Waals surface area contributed by atoms with Gasteiger partial charge in [-0.05, 0) is 68.8 Å². The summed E-state index contributed by atoms with van der Waals surface area (Å²) in [7, 11) is -3.99. The molecule has 1 amide bonds. The number of thiazole rings is 1. The Bertz CT molecular complexity index is 1520. The first-order chi connectivity index (χ1) is 16.2. The van der Waals surface area contributed by atoms with Crippen LogP contribution in [-0.4, -0.2) is 25.4 Å². The number of aryl methyl sites for hydroxylation is 3. The second kappa shape index (κ2) is 9.44. The van der Waals surface area contributed by atoms with E-state index >= 15 is 0 Å². The fourth-order valence-corrected chi connectivity index (χ4v) is 6.12. The predicted molar refractivity (Wildman–Crippen MR) is 137 cm³/mol. The Labute approximate surface area is 202 Å². The third-order valence-electron chi connectivity index (χ3n) is 5.45. The molecule has 0 aliphatic rings. The summed E-state index contributed by atoms with van der Waals surface area (Å²) in [6.07, 6.45) is 0. The highest BCUT2D eigenvalue weighted by atomic mass is 32.2. The normalized spacial score (nSPS) is 11.5. The van der Waals surface area contributed by atoms with Crippen molar-refractivity contribution < 1.29 is 13.2 Å². The van der Waals surface area contributed by atoms with Crippen LogP contribution in [0.4, 0.5) is 11.4 Å². The van der Waals surface area contributed by atoms with E-state index in [-0.39, 0.29) is 9.77 Å². The summed E-state index contributed by atoms with van der Waals surface area (Å²) >= 11 is 1.11. The molecule has 0 saturated carbocycles. The number of amides is 1. The number of sulfonamides is 1. The van der Waals surface area contributed by atoms with Crippen LogP contribution in [0.3, 0.4) is 0 Å². The van der Waals surface area contributed by atoms with Crippen LogP contribution in [-0.2, 0) is 21.4 Å². The van der Waals surface area contributed by atoms with Gasteiger partial charge in [0, 0.05) is 12.2 Å². The van der Waals surface area contributed by atoms with Crippen LogP contribution < -0.4 is 14.5 Å². The molecule has 1 heterocycles. The number of carbonyl (C=O) groups excluding carboxylic acids is 1. The average Bonchev–Trinajstić information content (AvgIpc) is 3.11. The molecule has 3 aromatic carbocycles. The van der Waals surface area contributed by atoms with Crippen molar-refractivity contribution >= 4 is 48.9 Å². The summed E-state index contributed by atoms with van der Waals surface area (Å²) in [5.74, 6) is -0.487. The van der Waals surface area contributed by atoms with Gasteiger partial charge in [0.2, 0.25) is 5.91 Å². The Hall–Kier alpha value is -3.43. The minimum absolute atomic E-state index is 0.0595. The standard InChI is InChI=1S/C25H25N3O4S2/c1-4-27-22-13-10-19(15-23(22)33-25(27)30)26-24(29)16-28(20-7-5-6-18(3)14-20)34(31,32)21-11-8-17(2)9-12-21/h5-15H,4,16H2,1-3H3,(H,26,29). The van der Waals surface area contributed by atoms with Crippen molar-refractivity contribution in [2.45, 2.75) is 32.2 Å². The minimum atomic E-state index is -3.99.